The lowest BCUT2D eigenvalue weighted by Crippen LogP contribution is -2.35. The Kier molecular flexibility index (Phi) is 2.22. The Morgan fingerprint density at radius 2 is 1.94 bits per heavy atom. The van der Waals surface area contributed by atoms with Crippen LogP contribution >= 0.6 is 0 Å². The molecule has 3 heterocycles. The first kappa shape index (κ1) is 10.6. The summed E-state index contributed by atoms with van der Waals surface area (Å²) in [6.07, 6.45) is 3.40. The molecule has 3 rings (SSSR count). The molecule has 1 aliphatic rings. The molecule has 2 amide bonds. The molecule has 1 fully saturated rings. The van der Waals surface area contributed by atoms with Crippen molar-refractivity contribution < 1.29 is 9.59 Å². The molecule has 2 aromatic rings. The highest BCUT2D eigenvalue weighted by molar-refractivity contribution is 6.03. The van der Waals surface area contributed by atoms with E-state index in [1.807, 2.05) is 0 Å². The molecule has 1 N–H and O–H groups in total. The molecule has 8 nitrogen and oxygen atoms in total. The van der Waals surface area contributed by atoms with Crippen molar-refractivity contribution in [2.45, 2.75) is 12.8 Å². The first-order valence-electron chi connectivity index (χ1n) is 5.42. The predicted octanol–water partition coefficient (Wildman–Crippen LogP) is -0.161. The van der Waals surface area contributed by atoms with Gasteiger partial charge in [-0.05, 0) is 0 Å². The number of imide groups is 1. The maximum atomic E-state index is 11.5. The number of nitrogens with zero attached hydrogens (tertiary/aromatic N) is 5. The molecule has 0 radical (unpaired) electrons. The second kappa shape index (κ2) is 3.76. The van der Waals surface area contributed by atoms with E-state index in [0.29, 0.717) is 16.9 Å². The minimum atomic E-state index is -0.254. The van der Waals surface area contributed by atoms with Crippen LogP contribution in [0.1, 0.15) is 12.8 Å². The van der Waals surface area contributed by atoms with Crippen LogP contribution in [0.3, 0.4) is 0 Å². The number of anilines is 1. The van der Waals surface area contributed by atoms with Crippen LogP contribution in [-0.4, -0.2) is 36.6 Å². The number of rotatable bonds is 2. The Labute approximate surface area is 102 Å². The molecule has 0 unspecified atom stereocenters. The fourth-order valence-corrected chi connectivity index (χ4v) is 1.86. The number of amides is 2. The standard InChI is InChI=1S/C10H10N6O2/c1-15-10-6(4-13-15)9(11-5-12-10)14-16-7(17)2-3-8(16)18/h4-5H,2-3H2,1H3,(H,11,12,14). The number of hydrogen-bond donors (Lipinski definition) is 1. The minimum Gasteiger partial charge on any atom is -0.273 e. The molecule has 0 saturated carbocycles. The molecular formula is C10H10N6O2. The number of aryl methyl sites for hydroxylation is 1. The van der Waals surface area contributed by atoms with Crippen LogP contribution in [0.25, 0.3) is 11.0 Å². The second-order valence-electron chi connectivity index (χ2n) is 3.96. The normalized spacial score (nSPS) is 15.7. The zero-order valence-corrected chi connectivity index (χ0v) is 9.62. The van der Waals surface area contributed by atoms with Gasteiger partial charge < -0.3 is 0 Å². The largest absolute Gasteiger partial charge is 0.273 e. The van der Waals surface area contributed by atoms with E-state index in [0.717, 1.165) is 5.01 Å². The number of nitrogens with one attached hydrogen (secondary N) is 1. The van der Waals surface area contributed by atoms with Crippen LogP contribution in [0.2, 0.25) is 0 Å². The third-order valence-electron chi connectivity index (χ3n) is 2.80. The Morgan fingerprint density at radius 3 is 2.67 bits per heavy atom. The van der Waals surface area contributed by atoms with E-state index in [1.54, 1.807) is 17.9 Å². The zero-order chi connectivity index (χ0) is 12.7. The summed E-state index contributed by atoms with van der Waals surface area (Å²) < 4.78 is 1.59. The van der Waals surface area contributed by atoms with E-state index in [2.05, 4.69) is 20.5 Å². The number of carbonyl (C=O) groups excluding carboxylic acids is 2. The van der Waals surface area contributed by atoms with Gasteiger partial charge in [-0.2, -0.15) is 10.1 Å². The summed E-state index contributed by atoms with van der Waals surface area (Å²) >= 11 is 0. The van der Waals surface area contributed by atoms with Crippen molar-refractivity contribution >= 4 is 28.7 Å². The molecule has 92 valence electrons. The minimum absolute atomic E-state index is 0.229. The van der Waals surface area contributed by atoms with E-state index in [1.165, 1.54) is 6.33 Å². The van der Waals surface area contributed by atoms with Crippen molar-refractivity contribution in [1.29, 1.82) is 0 Å². The maximum absolute atomic E-state index is 11.5. The zero-order valence-electron chi connectivity index (χ0n) is 9.62. The van der Waals surface area contributed by atoms with Crippen molar-refractivity contribution in [3.05, 3.63) is 12.5 Å². The monoisotopic (exact) mass is 246 g/mol. The third-order valence-corrected chi connectivity index (χ3v) is 2.80. The topological polar surface area (TPSA) is 93.0 Å². The van der Waals surface area contributed by atoms with Crippen molar-refractivity contribution in [3.8, 4) is 0 Å². The molecule has 0 spiro atoms. The first-order valence-corrected chi connectivity index (χ1v) is 5.42. The van der Waals surface area contributed by atoms with Gasteiger partial charge in [-0.3, -0.25) is 19.7 Å². The SMILES string of the molecule is Cn1ncc2c(NN3C(=O)CCC3=O)ncnc21. The third kappa shape index (κ3) is 1.50. The van der Waals surface area contributed by atoms with Crippen LogP contribution in [0.4, 0.5) is 5.82 Å². The lowest BCUT2D eigenvalue weighted by atomic mass is 10.4. The molecule has 8 heteroatoms. The van der Waals surface area contributed by atoms with E-state index in [9.17, 15) is 9.59 Å². The van der Waals surface area contributed by atoms with Gasteiger partial charge in [-0.25, -0.2) is 9.97 Å². The molecule has 0 bridgehead atoms. The van der Waals surface area contributed by atoms with E-state index in [4.69, 9.17) is 0 Å². The van der Waals surface area contributed by atoms with Crippen LogP contribution < -0.4 is 5.43 Å². The molecular weight excluding hydrogens is 236 g/mol. The lowest BCUT2D eigenvalue weighted by Gasteiger charge is -2.15. The van der Waals surface area contributed by atoms with Gasteiger partial charge in [0.2, 0.25) is 11.8 Å². The molecule has 0 atom stereocenters. The average Bonchev–Trinajstić information content (AvgIpc) is 2.88. The van der Waals surface area contributed by atoms with Crippen molar-refractivity contribution in [1.82, 2.24) is 24.8 Å². The smallest absolute Gasteiger partial charge is 0.248 e. The van der Waals surface area contributed by atoms with E-state index >= 15 is 0 Å². The molecule has 2 aromatic heterocycles. The molecule has 0 aliphatic carbocycles. The summed E-state index contributed by atoms with van der Waals surface area (Å²) in [5.74, 6) is -0.108. The van der Waals surface area contributed by atoms with Crippen LogP contribution in [-0.2, 0) is 16.6 Å². The highest BCUT2D eigenvalue weighted by Gasteiger charge is 2.30. The Hall–Kier alpha value is -2.51. The highest BCUT2D eigenvalue weighted by Crippen LogP contribution is 2.20. The Bertz CT molecular complexity index is 633. The van der Waals surface area contributed by atoms with Gasteiger partial charge in [0.25, 0.3) is 0 Å². The summed E-state index contributed by atoms with van der Waals surface area (Å²) in [6, 6.07) is 0. The van der Waals surface area contributed by atoms with Gasteiger partial charge in [0.1, 0.15) is 6.33 Å². The van der Waals surface area contributed by atoms with Crippen molar-refractivity contribution in [2.75, 3.05) is 5.43 Å². The highest BCUT2D eigenvalue weighted by atomic mass is 16.2. The van der Waals surface area contributed by atoms with Crippen LogP contribution in [0.5, 0.6) is 0 Å². The number of carbonyl (C=O) groups is 2. The van der Waals surface area contributed by atoms with Gasteiger partial charge in [-0.1, -0.05) is 0 Å². The quantitative estimate of drug-likeness (QED) is 0.740. The van der Waals surface area contributed by atoms with E-state index < -0.39 is 0 Å². The van der Waals surface area contributed by atoms with Crippen molar-refractivity contribution in [3.63, 3.8) is 0 Å². The fourth-order valence-electron chi connectivity index (χ4n) is 1.86. The maximum Gasteiger partial charge on any atom is 0.248 e. The number of aromatic nitrogens is 4. The van der Waals surface area contributed by atoms with Crippen LogP contribution in [0.15, 0.2) is 12.5 Å². The fraction of sp³-hybridized carbons (Fsp3) is 0.300. The van der Waals surface area contributed by atoms with Gasteiger partial charge in [-0.15, -0.1) is 0 Å². The van der Waals surface area contributed by atoms with Crippen LogP contribution in [0, 0.1) is 0 Å². The predicted molar refractivity (Wildman–Crippen MR) is 61.0 cm³/mol. The van der Waals surface area contributed by atoms with Gasteiger partial charge in [0, 0.05) is 19.9 Å². The summed E-state index contributed by atoms with van der Waals surface area (Å²) in [7, 11) is 1.76. The summed E-state index contributed by atoms with van der Waals surface area (Å²) in [5.41, 5.74) is 3.36. The van der Waals surface area contributed by atoms with Gasteiger partial charge >= 0.3 is 0 Å². The molecule has 1 saturated heterocycles. The number of hydrogen-bond acceptors (Lipinski definition) is 6. The lowest BCUT2D eigenvalue weighted by molar-refractivity contribution is -0.136. The summed E-state index contributed by atoms with van der Waals surface area (Å²) in [6.45, 7) is 0. The second-order valence-corrected chi connectivity index (χ2v) is 3.96. The Morgan fingerprint density at radius 1 is 1.22 bits per heavy atom. The molecule has 1 aliphatic heterocycles. The van der Waals surface area contributed by atoms with Gasteiger partial charge in [0.15, 0.2) is 11.5 Å². The Balaban J connectivity index is 2.00. The molecule has 18 heavy (non-hydrogen) atoms. The van der Waals surface area contributed by atoms with Crippen molar-refractivity contribution in [2.24, 2.45) is 7.05 Å². The molecule has 0 aromatic carbocycles. The average molecular weight is 246 g/mol. The first-order chi connectivity index (χ1) is 8.66. The van der Waals surface area contributed by atoms with E-state index in [-0.39, 0.29) is 24.7 Å². The van der Waals surface area contributed by atoms with Gasteiger partial charge in [0.05, 0.1) is 11.6 Å². The summed E-state index contributed by atoms with van der Waals surface area (Å²) in [4.78, 5) is 31.1. The summed E-state index contributed by atoms with van der Waals surface area (Å²) in [5, 5.41) is 5.71. The number of fused-ring (bicyclic) bond motifs is 1. The number of hydrazine groups is 1.